The lowest BCUT2D eigenvalue weighted by atomic mass is 9.92. The Kier molecular flexibility index (Phi) is 4.92. The van der Waals surface area contributed by atoms with E-state index in [0.29, 0.717) is 16.8 Å². The van der Waals surface area contributed by atoms with Crippen LogP contribution < -0.4 is 5.06 Å². The fourth-order valence-corrected chi connectivity index (χ4v) is 3.63. The first-order valence-electron chi connectivity index (χ1n) is 9.00. The molecule has 3 aromatic rings. The second kappa shape index (κ2) is 7.69. The molecule has 0 radical (unpaired) electrons. The minimum atomic E-state index is -1.15. The van der Waals surface area contributed by atoms with Crippen LogP contribution in [0.5, 0.6) is 0 Å². The van der Waals surface area contributed by atoms with E-state index in [-0.39, 0.29) is 10.6 Å². The highest BCUT2D eigenvalue weighted by atomic mass is 16.7. The Balaban J connectivity index is 1.86. The van der Waals surface area contributed by atoms with Gasteiger partial charge in [-0.2, -0.15) is 0 Å². The summed E-state index contributed by atoms with van der Waals surface area (Å²) >= 11 is 0. The van der Waals surface area contributed by atoms with Crippen molar-refractivity contribution in [2.45, 2.75) is 18.2 Å². The molecule has 3 aromatic carbocycles. The van der Waals surface area contributed by atoms with Crippen molar-refractivity contribution in [2.75, 3.05) is 5.06 Å². The number of hydrogen-bond acceptors (Lipinski definition) is 6. The van der Waals surface area contributed by atoms with Crippen molar-refractivity contribution in [3.63, 3.8) is 0 Å². The number of rotatable bonds is 5. The van der Waals surface area contributed by atoms with Gasteiger partial charge in [-0.1, -0.05) is 60.7 Å². The van der Waals surface area contributed by atoms with E-state index in [9.17, 15) is 20.2 Å². The zero-order chi connectivity index (χ0) is 20.4. The van der Waals surface area contributed by atoms with Gasteiger partial charge in [0.2, 0.25) is 0 Å². The third-order valence-electron chi connectivity index (χ3n) is 4.92. The maximum Gasteiger partial charge on any atom is 0.272 e. The molecule has 3 atom stereocenters. The molecule has 1 saturated heterocycles. The number of hydrogen-bond donors (Lipinski definition) is 0. The van der Waals surface area contributed by atoms with Gasteiger partial charge in [0.15, 0.2) is 12.1 Å². The molecule has 0 spiro atoms. The number of para-hydroxylation sites is 1. The second-order valence-electron chi connectivity index (χ2n) is 6.67. The predicted octanol–water partition coefficient (Wildman–Crippen LogP) is 4.47. The van der Waals surface area contributed by atoms with Gasteiger partial charge in [0.1, 0.15) is 0 Å². The number of nitro benzene ring substituents is 1. The highest BCUT2D eigenvalue weighted by molar-refractivity contribution is 5.50. The van der Waals surface area contributed by atoms with E-state index >= 15 is 0 Å². The topological polar surface area (TPSA) is 98.8 Å². The van der Waals surface area contributed by atoms with Crippen molar-refractivity contribution in [2.24, 2.45) is 0 Å². The monoisotopic (exact) mass is 391 g/mol. The number of benzene rings is 3. The second-order valence-corrected chi connectivity index (χ2v) is 6.67. The molecular weight excluding hydrogens is 374 g/mol. The summed E-state index contributed by atoms with van der Waals surface area (Å²) in [6.45, 7) is 0. The Bertz CT molecular complexity index is 1030. The summed E-state index contributed by atoms with van der Waals surface area (Å²) in [7, 11) is 0. The van der Waals surface area contributed by atoms with Crippen LogP contribution >= 0.6 is 0 Å². The lowest BCUT2D eigenvalue weighted by Crippen LogP contribution is -2.32. The highest BCUT2D eigenvalue weighted by Crippen LogP contribution is 2.46. The molecule has 0 unspecified atom stereocenters. The molecule has 0 saturated carbocycles. The van der Waals surface area contributed by atoms with E-state index in [4.69, 9.17) is 4.84 Å². The van der Waals surface area contributed by atoms with Gasteiger partial charge in [-0.25, -0.2) is 5.06 Å². The average Bonchev–Trinajstić information content (AvgIpc) is 3.16. The molecule has 0 bridgehead atoms. The van der Waals surface area contributed by atoms with Gasteiger partial charge in [-0.3, -0.25) is 25.1 Å². The maximum atomic E-state index is 12.1. The molecule has 0 amide bonds. The molecular formula is C21H17N3O5. The first kappa shape index (κ1) is 18.6. The summed E-state index contributed by atoms with van der Waals surface area (Å²) in [5, 5.41) is 24.9. The Morgan fingerprint density at radius 3 is 2.03 bits per heavy atom. The Morgan fingerprint density at radius 1 is 0.793 bits per heavy atom. The number of non-ortho nitro benzene ring substituents is 1. The zero-order valence-corrected chi connectivity index (χ0v) is 15.2. The summed E-state index contributed by atoms with van der Waals surface area (Å²) < 4.78 is 0. The normalized spacial score (nSPS) is 21.1. The maximum absolute atomic E-state index is 12.1. The van der Waals surface area contributed by atoms with E-state index in [0.717, 1.165) is 0 Å². The van der Waals surface area contributed by atoms with Crippen molar-refractivity contribution in [1.29, 1.82) is 0 Å². The number of nitro groups is 2. The van der Waals surface area contributed by atoms with Crippen LogP contribution in [0.1, 0.15) is 23.3 Å². The van der Waals surface area contributed by atoms with Crippen molar-refractivity contribution < 1.29 is 14.7 Å². The van der Waals surface area contributed by atoms with Gasteiger partial charge in [-0.05, 0) is 23.3 Å². The Morgan fingerprint density at radius 2 is 1.41 bits per heavy atom. The van der Waals surface area contributed by atoms with Crippen LogP contribution in [0.3, 0.4) is 0 Å². The van der Waals surface area contributed by atoms with E-state index in [1.807, 2.05) is 12.1 Å². The van der Waals surface area contributed by atoms with Crippen LogP contribution in [0.2, 0.25) is 0 Å². The molecule has 8 heteroatoms. The Labute approximate surface area is 166 Å². The summed E-state index contributed by atoms with van der Waals surface area (Å²) in [6.07, 6.45) is -0.837. The summed E-state index contributed by atoms with van der Waals surface area (Å²) in [6, 6.07) is 21.9. The molecule has 1 aliphatic heterocycles. The van der Waals surface area contributed by atoms with Crippen LogP contribution in [0.4, 0.5) is 11.4 Å². The molecule has 4 rings (SSSR count). The van der Waals surface area contributed by atoms with E-state index in [1.165, 1.54) is 23.3 Å². The standard InChI is InChI=1S/C21H17N3O5/c25-23(26)18-13-7-10-16(14-18)19-20(24(27)28)21(15-8-3-1-4-9-15)29-22(19)17-11-5-2-6-12-17/h1-14,19-21H/t19-,20-,21+/m0/s1. The quantitative estimate of drug-likeness (QED) is 0.470. The lowest BCUT2D eigenvalue weighted by Gasteiger charge is -2.24. The van der Waals surface area contributed by atoms with Gasteiger partial charge in [0, 0.05) is 17.1 Å². The lowest BCUT2D eigenvalue weighted by molar-refractivity contribution is -0.531. The molecule has 0 aliphatic carbocycles. The zero-order valence-electron chi connectivity index (χ0n) is 15.2. The number of nitrogens with zero attached hydrogens (tertiary/aromatic N) is 3. The van der Waals surface area contributed by atoms with Crippen LogP contribution in [0.25, 0.3) is 0 Å². The van der Waals surface area contributed by atoms with Gasteiger partial charge in [0.25, 0.3) is 11.7 Å². The molecule has 1 fully saturated rings. The summed E-state index contributed by atoms with van der Waals surface area (Å²) in [5.41, 5.74) is 1.63. The van der Waals surface area contributed by atoms with Crippen LogP contribution in [0, 0.1) is 20.2 Å². The third-order valence-corrected chi connectivity index (χ3v) is 4.92. The summed E-state index contributed by atoms with van der Waals surface area (Å²) in [4.78, 5) is 28.6. The molecule has 1 aliphatic rings. The van der Waals surface area contributed by atoms with Crippen molar-refractivity contribution in [3.05, 3.63) is 116 Å². The molecule has 0 N–H and O–H groups in total. The average molecular weight is 391 g/mol. The minimum Gasteiger partial charge on any atom is -0.264 e. The fourth-order valence-electron chi connectivity index (χ4n) is 3.63. The van der Waals surface area contributed by atoms with E-state index in [1.54, 1.807) is 54.6 Å². The number of anilines is 1. The van der Waals surface area contributed by atoms with E-state index < -0.39 is 23.1 Å². The van der Waals surface area contributed by atoms with Gasteiger partial charge in [0.05, 0.1) is 10.6 Å². The molecule has 146 valence electrons. The predicted molar refractivity (Wildman–Crippen MR) is 106 cm³/mol. The van der Waals surface area contributed by atoms with Gasteiger partial charge >= 0.3 is 0 Å². The molecule has 29 heavy (non-hydrogen) atoms. The van der Waals surface area contributed by atoms with Gasteiger partial charge in [-0.15, -0.1) is 0 Å². The third kappa shape index (κ3) is 3.53. The van der Waals surface area contributed by atoms with Crippen molar-refractivity contribution in [3.8, 4) is 0 Å². The Hall–Kier alpha value is -3.78. The minimum absolute atomic E-state index is 0.124. The van der Waals surface area contributed by atoms with Crippen molar-refractivity contribution in [1.82, 2.24) is 0 Å². The smallest absolute Gasteiger partial charge is 0.264 e. The highest BCUT2D eigenvalue weighted by Gasteiger charge is 2.53. The van der Waals surface area contributed by atoms with Crippen molar-refractivity contribution >= 4 is 11.4 Å². The van der Waals surface area contributed by atoms with E-state index in [2.05, 4.69) is 0 Å². The number of hydroxylamine groups is 1. The molecule has 0 aromatic heterocycles. The van der Waals surface area contributed by atoms with Crippen LogP contribution in [-0.2, 0) is 4.84 Å². The molecule has 1 heterocycles. The fraction of sp³-hybridized carbons (Fsp3) is 0.143. The van der Waals surface area contributed by atoms with Gasteiger partial charge < -0.3 is 0 Å². The largest absolute Gasteiger partial charge is 0.272 e. The summed E-state index contributed by atoms with van der Waals surface area (Å²) in [5.74, 6) is 0. The van der Waals surface area contributed by atoms with Crippen LogP contribution in [-0.4, -0.2) is 15.9 Å². The first-order valence-corrected chi connectivity index (χ1v) is 9.00. The first-order chi connectivity index (χ1) is 14.1. The molecule has 8 nitrogen and oxygen atoms in total. The van der Waals surface area contributed by atoms with Crippen LogP contribution in [0.15, 0.2) is 84.9 Å². The SMILES string of the molecule is O=[N+]([O-])c1cccc([C@H]2[C@H]([N+](=O)[O-])[C@@H](c3ccccc3)ON2c2ccccc2)c1.